The van der Waals surface area contributed by atoms with Gasteiger partial charge in [0.15, 0.2) is 0 Å². The Balaban J connectivity index is 1.88. The molecule has 1 N–H and O–H groups in total. The fraction of sp³-hybridized carbons (Fsp3) is 0.654. The molecule has 0 radical (unpaired) electrons. The maximum atomic E-state index is 12.4. The number of nitrogens with one attached hydrogen (secondary N) is 1. The van der Waals surface area contributed by atoms with Gasteiger partial charge in [-0.2, -0.15) is 0 Å². The Hall–Kier alpha value is -1.80. The van der Waals surface area contributed by atoms with Gasteiger partial charge in [-0.25, -0.2) is 4.79 Å². The molecule has 3 rings (SSSR count). The standard InChI is InChI=1S/C26H41B2NO6/c1-22(2,3)31-21(30)29-17-20(28-34-25(8,9)26(10,11)35-28)16-18-13-12-14-19(15-18)27-32-23(4,5)24(6,7)33-27/h12-16H,17H2,1-11H3,(H,29,30). The minimum Gasteiger partial charge on any atom is -0.444 e. The quantitative estimate of drug-likeness (QED) is 0.619. The molecule has 1 aromatic carbocycles. The fourth-order valence-electron chi connectivity index (χ4n) is 3.67. The van der Waals surface area contributed by atoms with Gasteiger partial charge in [0.2, 0.25) is 0 Å². The molecule has 9 heteroatoms. The van der Waals surface area contributed by atoms with Crippen LogP contribution >= 0.6 is 0 Å². The number of carbonyl (C=O) groups excluding carboxylic acids is 1. The summed E-state index contributed by atoms with van der Waals surface area (Å²) >= 11 is 0. The van der Waals surface area contributed by atoms with Gasteiger partial charge in [0, 0.05) is 6.54 Å². The first-order valence-corrected chi connectivity index (χ1v) is 12.3. The first-order valence-electron chi connectivity index (χ1n) is 12.3. The van der Waals surface area contributed by atoms with Crippen molar-refractivity contribution in [3.8, 4) is 0 Å². The van der Waals surface area contributed by atoms with Gasteiger partial charge in [-0.15, -0.1) is 0 Å². The zero-order chi connectivity index (χ0) is 26.4. The number of amides is 1. The number of hydrogen-bond donors (Lipinski definition) is 1. The van der Waals surface area contributed by atoms with Crippen molar-refractivity contribution in [1.82, 2.24) is 5.32 Å². The molecule has 0 saturated carbocycles. The highest BCUT2D eigenvalue weighted by molar-refractivity contribution is 6.62. The lowest BCUT2D eigenvalue weighted by Gasteiger charge is -2.32. The molecule has 7 nitrogen and oxygen atoms in total. The Morgan fingerprint density at radius 3 is 1.94 bits per heavy atom. The first-order chi connectivity index (χ1) is 15.8. The van der Waals surface area contributed by atoms with Crippen molar-refractivity contribution in [1.29, 1.82) is 0 Å². The summed E-state index contributed by atoms with van der Waals surface area (Å²) in [6.45, 7) is 21.9. The minimum atomic E-state index is -0.615. The Kier molecular flexibility index (Phi) is 7.35. The van der Waals surface area contributed by atoms with Crippen molar-refractivity contribution in [2.75, 3.05) is 6.54 Å². The Bertz CT molecular complexity index is 948. The van der Waals surface area contributed by atoms with Crippen LogP contribution in [0, 0.1) is 0 Å². The topological polar surface area (TPSA) is 75.3 Å². The van der Waals surface area contributed by atoms with Gasteiger partial charge in [-0.3, -0.25) is 0 Å². The first kappa shape index (κ1) is 27.8. The summed E-state index contributed by atoms with van der Waals surface area (Å²) in [5, 5.41) is 2.84. The van der Waals surface area contributed by atoms with Crippen molar-refractivity contribution in [3.63, 3.8) is 0 Å². The highest BCUT2D eigenvalue weighted by Gasteiger charge is 2.53. The van der Waals surface area contributed by atoms with E-state index in [2.05, 4.69) is 5.32 Å². The summed E-state index contributed by atoms with van der Waals surface area (Å²) in [4.78, 5) is 12.4. The molecule has 0 spiro atoms. The third-order valence-corrected chi connectivity index (χ3v) is 7.18. The second-order valence-electron chi connectivity index (χ2n) is 12.4. The van der Waals surface area contributed by atoms with E-state index in [0.717, 1.165) is 16.5 Å². The van der Waals surface area contributed by atoms with E-state index in [0.29, 0.717) is 0 Å². The highest BCUT2D eigenvalue weighted by Crippen LogP contribution is 2.39. The second-order valence-corrected chi connectivity index (χ2v) is 12.4. The molecule has 0 atom stereocenters. The lowest BCUT2D eigenvalue weighted by Crippen LogP contribution is -2.41. The van der Waals surface area contributed by atoms with Gasteiger partial charge in [-0.05, 0) is 92.7 Å². The molecule has 1 aromatic rings. The smallest absolute Gasteiger partial charge is 0.444 e. The van der Waals surface area contributed by atoms with Gasteiger partial charge >= 0.3 is 20.3 Å². The van der Waals surface area contributed by atoms with Crippen molar-refractivity contribution >= 4 is 31.9 Å². The maximum absolute atomic E-state index is 12.4. The molecule has 0 bridgehead atoms. The molecule has 0 unspecified atom stereocenters. The van der Waals surface area contributed by atoms with Crippen LogP contribution in [0.5, 0.6) is 0 Å². The maximum Gasteiger partial charge on any atom is 0.494 e. The predicted octanol–water partition coefficient (Wildman–Crippen LogP) is 4.53. The van der Waals surface area contributed by atoms with Crippen LogP contribution in [0.25, 0.3) is 6.08 Å². The number of benzene rings is 1. The molecule has 0 aromatic heterocycles. The average Bonchev–Trinajstić information content (AvgIpc) is 3.03. The lowest BCUT2D eigenvalue weighted by molar-refractivity contribution is 0.00578. The molecule has 35 heavy (non-hydrogen) atoms. The highest BCUT2D eigenvalue weighted by atomic mass is 16.7. The summed E-state index contributed by atoms with van der Waals surface area (Å²) in [6, 6.07) is 7.98. The van der Waals surface area contributed by atoms with Crippen LogP contribution < -0.4 is 10.8 Å². The summed E-state index contributed by atoms with van der Waals surface area (Å²) in [5.41, 5.74) is 0.179. The molecule has 2 fully saturated rings. The van der Waals surface area contributed by atoms with E-state index in [9.17, 15) is 4.79 Å². The third kappa shape index (κ3) is 6.31. The van der Waals surface area contributed by atoms with Crippen LogP contribution in [-0.2, 0) is 23.4 Å². The van der Waals surface area contributed by atoms with Crippen LogP contribution in [-0.4, -0.2) is 54.9 Å². The molecule has 192 valence electrons. The normalized spacial score (nSPS) is 22.9. The van der Waals surface area contributed by atoms with Crippen molar-refractivity contribution in [2.45, 2.75) is 104 Å². The van der Waals surface area contributed by atoms with Crippen LogP contribution in [0.4, 0.5) is 4.79 Å². The minimum absolute atomic E-state index is 0.215. The van der Waals surface area contributed by atoms with Crippen molar-refractivity contribution < 1.29 is 28.1 Å². The van der Waals surface area contributed by atoms with Crippen LogP contribution in [0.2, 0.25) is 0 Å². The number of ether oxygens (including phenoxy) is 1. The van der Waals surface area contributed by atoms with Crippen LogP contribution in [0.15, 0.2) is 29.7 Å². The van der Waals surface area contributed by atoms with Gasteiger partial charge in [-0.1, -0.05) is 30.3 Å². The molecular formula is C26H41B2NO6. The van der Waals surface area contributed by atoms with Crippen LogP contribution in [0.3, 0.4) is 0 Å². The van der Waals surface area contributed by atoms with E-state index in [1.54, 1.807) is 0 Å². The summed E-state index contributed by atoms with van der Waals surface area (Å²) in [7, 11) is -1.08. The second kappa shape index (κ2) is 9.25. The summed E-state index contributed by atoms with van der Waals surface area (Å²) in [6.07, 6.45) is 1.49. The molecule has 0 aliphatic carbocycles. The zero-order valence-electron chi connectivity index (χ0n) is 23.2. The Labute approximate surface area is 211 Å². The molecule has 2 heterocycles. The summed E-state index contributed by atoms with van der Waals surface area (Å²) in [5.74, 6) is 0. The van der Waals surface area contributed by atoms with Gasteiger partial charge in [0.1, 0.15) is 5.60 Å². The number of hydrogen-bond acceptors (Lipinski definition) is 6. The summed E-state index contributed by atoms with van der Waals surface area (Å²) < 4.78 is 30.4. The van der Waals surface area contributed by atoms with E-state index in [1.165, 1.54) is 0 Å². The van der Waals surface area contributed by atoms with E-state index >= 15 is 0 Å². The number of carbonyl (C=O) groups is 1. The number of rotatable bonds is 5. The van der Waals surface area contributed by atoms with E-state index in [4.69, 9.17) is 23.4 Å². The van der Waals surface area contributed by atoms with E-state index in [1.807, 2.05) is 107 Å². The monoisotopic (exact) mass is 485 g/mol. The number of alkyl carbamates (subject to hydrolysis) is 1. The molecule has 1 amide bonds. The van der Waals surface area contributed by atoms with Gasteiger partial charge in [0.05, 0.1) is 22.4 Å². The zero-order valence-corrected chi connectivity index (χ0v) is 23.2. The Morgan fingerprint density at radius 2 is 1.43 bits per heavy atom. The van der Waals surface area contributed by atoms with Crippen molar-refractivity contribution in [2.24, 2.45) is 0 Å². The third-order valence-electron chi connectivity index (χ3n) is 7.18. The Morgan fingerprint density at radius 1 is 0.914 bits per heavy atom. The lowest BCUT2D eigenvalue weighted by atomic mass is 9.75. The SMILES string of the molecule is CC(C)(C)OC(=O)NCC(=Cc1cccc(B2OC(C)(C)C(C)(C)O2)c1)B1OC(C)(C)C(C)(C)O1. The van der Waals surface area contributed by atoms with Gasteiger partial charge in [0.25, 0.3) is 0 Å². The van der Waals surface area contributed by atoms with E-state index in [-0.39, 0.29) is 6.54 Å². The average molecular weight is 485 g/mol. The largest absolute Gasteiger partial charge is 0.494 e. The van der Waals surface area contributed by atoms with Crippen LogP contribution in [0.1, 0.15) is 81.7 Å². The molecule has 2 saturated heterocycles. The van der Waals surface area contributed by atoms with Crippen molar-refractivity contribution in [3.05, 3.63) is 35.3 Å². The predicted molar refractivity (Wildman–Crippen MR) is 140 cm³/mol. The molecule has 2 aliphatic rings. The fourth-order valence-corrected chi connectivity index (χ4v) is 3.67. The van der Waals surface area contributed by atoms with E-state index < -0.39 is 48.3 Å². The van der Waals surface area contributed by atoms with Gasteiger partial charge < -0.3 is 28.7 Å². The molecular weight excluding hydrogens is 444 g/mol. The molecule has 2 aliphatic heterocycles.